The predicted octanol–water partition coefficient (Wildman–Crippen LogP) is 5.32. The fourth-order valence-corrected chi connectivity index (χ4v) is 3.53. The van der Waals surface area contributed by atoms with Crippen LogP contribution in [0.4, 0.5) is 22.7 Å². The van der Waals surface area contributed by atoms with Gasteiger partial charge < -0.3 is 0 Å². The van der Waals surface area contributed by atoms with Crippen LogP contribution in [0.25, 0.3) is 0 Å². The largest absolute Gasteiger partial charge is 0.301 e. The molecule has 0 fully saturated rings. The van der Waals surface area contributed by atoms with Crippen LogP contribution in [0.1, 0.15) is 11.1 Å². The maximum Gasteiger partial charge on any atom is 0.301 e. The zero-order valence-corrected chi connectivity index (χ0v) is 17.3. The number of rotatable bonds is 8. The Bertz CT molecular complexity index is 1230. The van der Waals surface area contributed by atoms with Crippen LogP contribution in [-0.4, -0.2) is 21.0 Å². The van der Waals surface area contributed by atoms with Crippen molar-refractivity contribution in [3.05, 3.63) is 102 Å². The molecule has 0 saturated heterocycles. The number of hydrazone groups is 1. The van der Waals surface area contributed by atoms with Crippen molar-refractivity contribution >= 4 is 40.7 Å². The summed E-state index contributed by atoms with van der Waals surface area (Å²) in [6, 6.07) is 15.2. The lowest BCUT2D eigenvalue weighted by atomic mass is 10.2. The van der Waals surface area contributed by atoms with Crippen LogP contribution in [0.15, 0.2) is 75.6 Å². The Morgan fingerprint density at radius 1 is 0.844 bits per heavy atom. The number of nitrogens with zero attached hydrogens (tertiary/aromatic N) is 4. The molecule has 0 heterocycles. The van der Waals surface area contributed by atoms with Crippen LogP contribution in [0.3, 0.4) is 0 Å². The number of nitrogens with one attached hydrogen (secondary N) is 1. The Morgan fingerprint density at radius 2 is 1.53 bits per heavy atom. The third-order valence-electron chi connectivity index (χ3n) is 4.22. The summed E-state index contributed by atoms with van der Waals surface area (Å²) in [5.74, 6) is 0. The Labute approximate surface area is 185 Å². The van der Waals surface area contributed by atoms with E-state index in [9.17, 15) is 30.3 Å². The molecule has 0 aliphatic rings. The lowest BCUT2D eigenvalue weighted by Gasteiger charge is -2.05. The molecule has 0 bridgehead atoms. The van der Waals surface area contributed by atoms with E-state index in [1.54, 1.807) is 12.1 Å². The van der Waals surface area contributed by atoms with Gasteiger partial charge in [-0.05, 0) is 31.2 Å². The monoisotopic (exact) mass is 453 g/mol. The average Bonchev–Trinajstić information content (AvgIpc) is 2.76. The van der Waals surface area contributed by atoms with Gasteiger partial charge in [-0.25, -0.2) is 0 Å². The topological polar surface area (TPSA) is 154 Å². The number of non-ortho nitro benzene ring substituents is 1. The van der Waals surface area contributed by atoms with Gasteiger partial charge in [0, 0.05) is 22.6 Å². The molecular weight excluding hydrogens is 438 g/mol. The van der Waals surface area contributed by atoms with E-state index in [-0.39, 0.29) is 11.4 Å². The van der Waals surface area contributed by atoms with Gasteiger partial charge in [0.25, 0.3) is 11.4 Å². The second-order valence-corrected chi connectivity index (χ2v) is 7.60. The summed E-state index contributed by atoms with van der Waals surface area (Å²) in [6.07, 6.45) is 1.26. The third-order valence-corrected chi connectivity index (χ3v) is 5.29. The van der Waals surface area contributed by atoms with Gasteiger partial charge in [-0.3, -0.25) is 35.8 Å². The fourth-order valence-electron chi connectivity index (χ4n) is 2.63. The van der Waals surface area contributed by atoms with E-state index < -0.39 is 26.1 Å². The molecule has 1 N–H and O–H groups in total. The van der Waals surface area contributed by atoms with E-state index in [1.807, 2.05) is 31.2 Å². The third kappa shape index (κ3) is 5.43. The molecule has 0 unspecified atom stereocenters. The molecule has 0 amide bonds. The molecule has 11 nitrogen and oxygen atoms in total. The van der Waals surface area contributed by atoms with Gasteiger partial charge >= 0.3 is 5.69 Å². The van der Waals surface area contributed by atoms with E-state index in [0.717, 1.165) is 28.7 Å². The van der Waals surface area contributed by atoms with Gasteiger partial charge in [0.15, 0.2) is 0 Å². The van der Waals surface area contributed by atoms with E-state index in [2.05, 4.69) is 10.5 Å². The van der Waals surface area contributed by atoms with Gasteiger partial charge in [0.05, 0.1) is 31.9 Å². The van der Waals surface area contributed by atoms with Gasteiger partial charge in [-0.1, -0.05) is 35.5 Å². The summed E-state index contributed by atoms with van der Waals surface area (Å²) < 4.78 is 0. The number of benzene rings is 3. The molecule has 3 aromatic rings. The molecule has 0 spiro atoms. The van der Waals surface area contributed by atoms with Gasteiger partial charge in [0.1, 0.15) is 5.69 Å². The smallest absolute Gasteiger partial charge is 0.272 e. The van der Waals surface area contributed by atoms with E-state index in [4.69, 9.17) is 0 Å². The molecular formula is C20H15N5O6S. The van der Waals surface area contributed by atoms with E-state index in [1.165, 1.54) is 24.0 Å². The number of hydrogen-bond acceptors (Lipinski definition) is 9. The van der Waals surface area contributed by atoms with Gasteiger partial charge in [-0.2, -0.15) is 5.10 Å². The molecule has 0 aliphatic carbocycles. The Morgan fingerprint density at radius 3 is 2.16 bits per heavy atom. The summed E-state index contributed by atoms with van der Waals surface area (Å²) in [5, 5.41) is 37.4. The molecule has 0 radical (unpaired) electrons. The summed E-state index contributed by atoms with van der Waals surface area (Å²) in [7, 11) is 0. The summed E-state index contributed by atoms with van der Waals surface area (Å²) in [5.41, 5.74) is 2.80. The van der Waals surface area contributed by atoms with Crippen molar-refractivity contribution in [2.75, 3.05) is 5.43 Å². The van der Waals surface area contributed by atoms with Crippen LogP contribution in [-0.2, 0) is 0 Å². The summed E-state index contributed by atoms with van der Waals surface area (Å²) in [4.78, 5) is 32.8. The number of nitro groups is 3. The highest BCUT2D eigenvalue weighted by Crippen LogP contribution is 2.35. The average molecular weight is 453 g/mol. The first-order valence-corrected chi connectivity index (χ1v) is 9.81. The van der Waals surface area contributed by atoms with E-state index in [0.29, 0.717) is 10.5 Å². The second kappa shape index (κ2) is 9.66. The molecule has 0 aromatic heterocycles. The summed E-state index contributed by atoms with van der Waals surface area (Å²) >= 11 is 1.26. The van der Waals surface area contributed by atoms with Crippen molar-refractivity contribution in [2.24, 2.45) is 5.10 Å². The first-order chi connectivity index (χ1) is 15.2. The van der Waals surface area contributed by atoms with Gasteiger partial charge in [-0.15, -0.1) is 0 Å². The second-order valence-electron chi connectivity index (χ2n) is 6.49. The minimum atomic E-state index is -0.771. The standard InChI is InChI=1S/C20H15N5O6S/c1-13-2-6-16(7-3-13)32-20-9-4-14(10-19(20)25(30)31)12-21-22-17-8-5-15(23(26)27)11-18(17)24(28)29/h2-12,22H,1H3/b21-12+. The van der Waals surface area contributed by atoms with E-state index >= 15 is 0 Å². The van der Waals surface area contributed by atoms with Crippen molar-refractivity contribution in [3.8, 4) is 0 Å². The Balaban J connectivity index is 1.81. The maximum absolute atomic E-state index is 11.5. The number of hydrogen-bond donors (Lipinski definition) is 1. The highest BCUT2D eigenvalue weighted by molar-refractivity contribution is 7.99. The van der Waals surface area contributed by atoms with Crippen molar-refractivity contribution in [2.45, 2.75) is 16.7 Å². The van der Waals surface area contributed by atoms with Crippen molar-refractivity contribution in [1.29, 1.82) is 0 Å². The predicted molar refractivity (Wildman–Crippen MR) is 119 cm³/mol. The number of nitro benzene ring substituents is 3. The molecule has 32 heavy (non-hydrogen) atoms. The maximum atomic E-state index is 11.5. The lowest BCUT2D eigenvalue weighted by Crippen LogP contribution is -1.99. The molecule has 3 rings (SSSR count). The number of aryl methyl sites for hydroxylation is 1. The first-order valence-electron chi connectivity index (χ1n) is 8.99. The summed E-state index contributed by atoms with van der Waals surface area (Å²) in [6.45, 7) is 1.95. The zero-order chi connectivity index (χ0) is 23.3. The van der Waals surface area contributed by atoms with Crippen LogP contribution in [0, 0.1) is 37.3 Å². The molecule has 162 valence electrons. The quantitative estimate of drug-likeness (QED) is 0.273. The van der Waals surface area contributed by atoms with Crippen molar-refractivity contribution < 1.29 is 14.8 Å². The lowest BCUT2D eigenvalue weighted by molar-refractivity contribution is -0.393. The zero-order valence-electron chi connectivity index (χ0n) is 16.5. The van der Waals surface area contributed by atoms with Crippen molar-refractivity contribution in [1.82, 2.24) is 0 Å². The fraction of sp³-hybridized carbons (Fsp3) is 0.0500. The van der Waals surface area contributed by atoms with Crippen LogP contribution in [0.5, 0.6) is 0 Å². The van der Waals surface area contributed by atoms with Crippen LogP contribution < -0.4 is 5.43 Å². The highest BCUT2D eigenvalue weighted by atomic mass is 32.2. The highest BCUT2D eigenvalue weighted by Gasteiger charge is 2.19. The van der Waals surface area contributed by atoms with Crippen molar-refractivity contribution in [3.63, 3.8) is 0 Å². The van der Waals surface area contributed by atoms with Crippen LogP contribution in [0.2, 0.25) is 0 Å². The minimum absolute atomic E-state index is 0.0575. The number of anilines is 1. The molecule has 0 atom stereocenters. The SMILES string of the molecule is Cc1ccc(Sc2ccc(/C=N/Nc3ccc([N+](=O)[O-])cc3[N+](=O)[O-])cc2[N+](=O)[O-])cc1. The molecule has 3 aromatic carbocycles. The first kappa shape index (κ1) is 22.4. The Hall–Kier alpha value is -4.32. The van der Waals surface area contributed by atoms with Gasteiger partial charge in [0.2, 0.25) is 0 Å². The molecule has 0 aliphatic heterocycles. The van der Waals surface area contributed by atoms with Crippen LogP contribution >= 0.6 is 11.8 Å². The normalized spacial score (nSPS) is 10.8. The molecule has 12 heteroatoms. The minimum Gasteiger partial charge on any atom is -0.272 e. The molecule has 0 saturated carbocycles. The Kier molecular flexibility index (Phi) is 6.75.